The number of carboxylic acid groups (broad SMARTS) is 1. The summed E-state index contributed by atoms with van der Waals surface area (Å²) < 4.78 is 0. The fraction of sp³-hybridized carbons (Fsp3) is 0.154. The van der Waals surface area contributed by atoms with Gasteiger partial charge in [0.15, 0.2) is 0 Å². The van der Waals surface area contributed by atoms with Crippen molar-refractivity contribution in [3.05, 3.63) is 48.8 Å². The fourth-order valence-electron chi connectivity index (χ4n) is 1.03. The van der Waals surface area contributed by atoms with Crippen molar-refractivity contribution in [2.24, 2.45) is 5.73 Å². The Morgan fingerprint density at radius 3 is 1.72 bits per heavy atom. The maximum absolute atomic E-state index is 9.57. The molecule has 94 valence electrons. The third-order valence-electron chi connectivity index (χ3n) is 1.98. The van der Waals surface area contributed by atoms with Crippen LogP contribution in [0.1, 0.15) is 6.92 Å². The minimum absolute atomic E-state index is 0.731. The minimum atomic E-state index is -0.963. The Morgan fingerprint density at radius 1 is 1.11 bits per heavy atom. The van der Waals surface area contributed by atoms with Gasteiger partial charge < -0.3 is 10.8 Å². The second-order valence-electron chi connectivity index (χ2n) is 3.56. The molecule has 0 radical (unpaired) electrons. The molecule has 5 nitrogen and oxygen atoms in total. The molecule has 0 aliphatic carbocycles. The standard InChI is InChI=1S/C10H8N2.C3H7NO2/c1-3-7-11-9(5-1)10-6-2-4-8-12-10;1-2(4)3(5)6/h1-8H;2H,4H2,1H3,(H,5,6)/t;2-/m.0/s1. The lowest BCUT2D eigenvalue weighted by atomic mass is 10.2. The molecule has 0 aromatic carbocycles. The molecule has 0 aliphatic heterocycles. The highest BCUT2D eigenvalue weighted by Crippen LogP contribution is 2.10. The summed E-state index contributed by atoms with van der Waals surface area (Å²) in [6.45, 7) is 1.42. The lowest BCUT2D eigenvalue weighted by Crippen LogP contribution is -2.25. The Labute approximate surface area is 105 Å². The van der Waals surface area contributed by atoms with E-state index in [1.54, 1.807) is 12.4 Å². The molecule has 0 spiro atoms. The highest BCUT2D eigenvalue weighted by atomic mass is 16.4. The molecule has 0 saturated heterocycles. The van der Waals surface area contributed by atoms with Crippen molar-refractivity contribution in [1.29, 1.82) is 0 Å². The summed E-state index contributed by atoms with van der Waals surface area (Å²) >= 11 is 0. The molecule has 2 heterocycles. The third-order valence-corrected chi connectivity index (χ3v) is 1.98. The van der Waals surface area contributed by atoms with Crippen LogP contribution in [0.3, 0.4) is 0 Å². The Bertz CT molecular complexity index is 435. The molecule has 0 unspecified atom stereocenters. The molecule has 2 aromatic heterocycles. The van der Waals surface area contributed by atoms with Gasteiger partial charge in [0.25, 0.3) is 0 Å². The highest BCUT2D eigenvalue weighted by molar-refractivity contribution is 5.72. The van der Waals surface area contributed by atoms with E-state index in [-0.39, 0.29) is 0 Å². The Morgan fingerprint density at radius 2 is 1.50 bits per heavy atom. The molecule has 2 aromatic rings. The van der Waals surface area contributed by atoms with Gasteiger partial charge in [0, 0.05) is 12.4 Å². The first-order valence-electron chi connectivity index (χ1n) is 5.42. The quantitative estimate of drug-likeness (QED) is 0.838. The Balaban J connectivity index is 0.000000232. The summed E-state index contributed by atoms with van der Waals surface area (Å²) in [4.78, 5) is 17.9. The first kappa shape index (κ1) is 13.8. The van der Waals surface area contributed by atoms with E-state index < -0.39 is 12.0 Å². The average molecular weight is 245 g/mol. The summed E-state index contributed by atoms with van der Waals surface area (Å²) in [7, 11) is 0. The van der Waals surface area contributed by atoms with Crippen LogP contribution in [0.4, 0.5) is 0 Å². The van der Waals surface area contributed by atoms with E-state index in [2.05, 4.69) is 9.97 Å². The third kappa shape index (κ3) is 4.71. The smallest absolute Gasteiger partial charge is 0.320 e. The lowest BCUT2D eigenvalue weighted by Gasteiger charge is -1.96. The van der Waals surface area contributed by atoms with Crippen LogP contribution in [0, 0.1) is 0 Å². The molecular weight excluding hydrogens is 230 g/mol. The maximum Gasteiger partial charge on any atom is 0.320 e. The molecule has 0 bridgehead atoms. The van der Waals surface area contributed by atoms with Crippen molar-refractivity contribution in [3.63, 3.8) is 0 Å². The SMILES string of the molecule is C[C@H](N)C(=O)O.c1ccc(-c2ccccn2)nc1. The van der Waals surface area contributed by atoms with Crippen LogP contribution in [0.25, 0.3) is 11.4 Å². The molecule has 5 heteroatoms. The zero-order valence-electron chi connectivity index (χ0n) is 10.0. The van der Waals surface area contributed by atoms with Crippen molar-refractivity contribution in [2.75, 3.05) is 0 Å². The summed E-state index contributed by atoms with van der Waals surface area (Å²) in [5.74, 6) is -0.963. The van der Waals surface area contributed by atoms with Crippen LogP contribution in [0.5, 0.6) is 0 Å². The van der Waals surface area contributed by atoms with E-state index in [9.17, 15) is 4.79 Å². The van der Waals surface area contributed by atoms with Gasteiger partial charge in [-0.15, -0.1) is 0 Å². The largest absolute Gasteiger partial charge is 0.480 e. The molecule has 18 heavy (non-hydrogen) atoms. The van der Waals surface area contributed by atoms with Crippen molar-refractivity contribution in [3.8, 4) is 11.4 Å². The van der Waals surface area contributed by atoms with Gasteiger partial charge in [-0.25, -0.2) is 0 Å². The van der Waals surface area contributed by atoms with Crippen LogP contribution >= 0.6 is 0 Å². The van der Waals surface area contributed by atoms with E-state index in [0.717, 1.165) is 11.4 Å². The van der Waals surface area contributed by atoms with Gasteiger partial charge in [-0.05, 0) is 31.2 Å². The predicted molar refractivity (Wildman–Crippen MR) is 68.8 cm³/mol. The fourth-order valence-corrected chi connectivity index (χ4v) is 1.03. The number of carbonyl (C=O) groups is 1. The van der Waals surface area contributed by atoms with Gasteiger partial charge in [-0.1, -0.05) is 12.1 Å². The number of pyridine rings is 2. The minimum Gasteiger partial charge on any atom is -0.480 e. The summed E-state index contributed by atoms with van der Waals surface area (Å²) in [6.07, 6.45) is 3.54. The van der Waals surface area contributed by atoms with E-state index in [0.29, 0.717) is 0 Å². The summed E-state index contributed by atoms with van der Waals surface area (Å²) in [5, 5.41) is 7.87. The molecule has 0 saturated carbocycles. The summed E-state index contributed by atoms with van der Waals surface area (Å²) in [6, 6.07) is 10.9. The topological polar surface area (TPSA) is 89.1 Å². The highest BCUT2D eigenvalue weighted by Gasteiger charge is 1.99. The van der Waals surface area contributed by atoms with Gasteiger partial charge in [0.1, 0.15) is 6.04 Å². The molecular formula is C13H15N3O2. The Hall–Kier alpha value is -2.27. The van der Waals surface area contributed by atoms with Crippen LogP contribution in [0.2, 0.25) is 0 Å². The van der Waals surface area contributed by atoms with E-state index in [1.807, 2.05) is 36.4 Å². The molecule has 2 rings (SSSR count). The number of nitrogens with zero attached hydrogens (tertiary/aromatic N) is 2. The Kier molecular flexibility index (Phi) is 5.47. The second-order valence-corrected chi connectivity index (χ2v) is 3.56. The number of aliphatic carboxylic acids is 1. The monoisotopic (exact) mass is 245 g/mol. The molecule has 0 fully saturated rings. The summed E-state index contributed by atoms with van der Waals surface area (Å²) in [5.41, 5.74) is 6.67. The van der Waals surface area contributed by atoms with Crippen LogP contribution in [-0.4, -0.2) is 27.1 Å². The first-order chi connectivity index (χ1) is 8.61. The number of carboxylic acids is 1. The molecule has 0 aliphatic rings. The van der Waals surface area contributed by atoms with Gasteiger partial charge >= 0.3 is 5.97 Å². The number of hydrogen-bond acceptors (Lipinski definition) is 4. The molecule has 1 atom stereocenters. The first-order valence-corrected chi connectivity index (χ1v) is 5.42. The number of hydrogen-bond donors (Lipinski definition) is 2. The van der Waals surface area contributed by atoms with Crippen molar-refractivity contribution >= 4 is 5.97 Å². The van der Waals surface area contributed by atoms with Crippen LogP contribution in [-0.2, 0) is 4.79 Å². The second kappa shape index (κ2) is 7.13. The van der Waals surface area contributed by atoms with Gasteiger partial charge in [0.2, 0.25) is 0 Å². The van der Waals surface area contributed by atoms with Crippen LogP contribution in [0.15, 0.2) is 48.8 Å². The molecule has 3 N–H and O–H groups in total. The predicted octanol–water partition coefficient (Wildman–Crippen LogP) is 1.56. The average Bonchev–Trinajstić information content (AvgIpc) is 2.41. The van der Waals surface area contributed by atoms with Crippen molar-refractivity contribution in [2.45, 2.75) is 13.0 Å². The molecule has 0 amide bonds. The van der Waals surface area contributed by atoms with Gasteiger partial charge in [-0.3, -0.25) is 14.8 Å². The van der Waals surface area contributed by atoms with Crippen molar-refractivity contribution in [1.82, 2.24) is 9.97 Å². The normalized spacial score (nSPS) is 11.0. The number of rotatable bonds is 2. The lowest BCUT2D eigenvalue weighted by molar-refractivity contribution is -0.138. The maximum atomic E-state index is 9.57. The van der Waals surface area contributed by atoms with E-state index in [1.165, 1.54) is 6.92 Å². The number of aromatic nitrogens is 2. The van der Waals surface area contributed by atoms with Gasteiger partial charge in [-0.2, -0.15) is 0 Å². The van der Waals surface area contributed by atoms with Crippen molar-refractivity contribution < 1.29 is 9.90 Å². The zero-order chi connectivity index (χ0) is 13.4. The zero-order valence-corrected chi connectivity index (χ0v) is 10.0. The van der Waals surface area contributed by atoms with E-state index in [4.69, 9.17) is 10.8 Å². The number of nitrogens with two attached hydrogens (primary N) is 1. The van der Waals surface area contributed by atoms with E-state index >= 15 is 0 Å². The van der Waals surface area contributed by atoms with Crippen LogP contribution < -0.4 is 5.73 Å². The van der Waals surface area contributed by atoms with Gasteiger partial charge in [0.05, 0.1) is 11.4 Å².